The van der Waals surface area contributed by atoms with Crippen molar-refractivity contribution in [2.45, 2.75) is 44.8 Å². The van der Waals surface area contributed by atoms with E-state index in [0.717, 1.165) is 12.8 Å². The van der Waals surface area contributed by atoms with E-state index in [9.17, 15) is 5.11 Å². The molecule has 2 nitrogen and oxygen atoms in total. The zero-order valence-electron chi connectivity index (χ0n) is 7.38. The zero-order chi connectivity index (χ0) is 8.91. The van der Waals surface area contributed by atoms with Gasteiger partial charge in [0, 0.05) is 0 Å². The van der Waals surface area contributed by atoms with Gasteiger partial charge in [0.2, 0.25) is 0 Å². The van der Waals surface area contributed by atoms with Crippen LogP contribution >= 0.6 is 0 Å². The van der Waals surface area contributed by atoms with Crippen LogP contribution in [0.1, 0.15) is 33.1 Å². The van der Waals surface area contributed by atoms with Crippen LogP contribution in [0.5, 0.6) is 0 Å². The molecule has 0 saturated heterocycles. The van der Waals surface area contributed by atoms with Gasteiger partial charge in [0.25, 0.3) is 0 Å². The van der Waals surface area contributed by atoms with Gasteiger partial charge in [0.1, 0.15) is 0 Å². The minimum atomic E-state index is -0.610. The van der Waals surface area contributed by atoms with Gasteiger partial charge in [0.15, 0.2) is 0 Å². The van der Waals surface area contributed by atoms with Gasteiger partial charge in [-0.2, -0.15) is 0 Å². The molecule has 2 N–H and O–H groups in total. The summed E-state index contributed by atoms with van der Waals surface area (Å²) in [6.45, 7) is 7.01. The van der Waals surface area contributed by atoms with Crippen molar-refractivity contribution in [1.29, 1.82) is 0 Å². The summed E-state index contributed by atoms with van der Waals surface area (Å²) in [6, 6.07) is 0. The minimum absolute atomic E-state index is 0.419. The van der Waals surface area contributed by atoms with Gasteiger partial charge in [-0.3, -0.25) is 0 Å². The number of aliphatic hydroxyl groups excluding tert-OH is 1. The summed E-state index contributed by atoms with van der Waals surface area (Å²) in [5, 5.41) is 18.4. The van der Waals surface area contributed by atoms with Crippen LogP contribution < -0.4 is 0 Å². The van der Waals surface area contributed by atoms with Crippen LogP contribution in [-0.4, -0.2) is 21.9 Å². The summed E-state index contributed by atoms with van der Waals surface area (Å²) in [5.41, 5.74) is -0.610. The van der Waals surface area contributed by atoms with Crippen LogP contribution in [0, 0.1) is 0 Å². The highest BCUT2D eigenvalue weighted by Gasteiger charge is 2.11. The molecule has 0 saturated carbocycles. The van der Waals surface area contributed by atoms with Crippen LogP contribution in [-0.2, 0) is 0 Å². The zero-order valence-corrected chi connectivity index (χ0v) is 7.38. The van der Waals surface area contributed by atoms with E-state index >= 15 is 0 Å². The molecule has 0 aromatic rings. The summed E-state index contributed by atoms with van der Waals surface area (Å²) in [4.78, 5) is 0. The van der Waals surface area contributed by atoms with Crippen molar-refractivity contribution in [2.75, 3.05) is 0 Å². The number of hydrogen-bond donors (Lipinski definition) is 2. The normalized spacial score (nSPS) is 14.5. The van der Waals surface area contributed by atoms with E-state index in [2.05, 4.69) is 6.58 Å². The molecule has 0 aliphatic rings. The van der Waals surface area contributed by atoms with E-state index < -0.39 is 11.7 Å². The molecule has 11 heavy (non-hydrogen) atoms. The molecule has 0 aliphatic heterocycles. The molecule has 0 heterocycles. The smallest absolute Gasteiger partial charge is 0.0718 e. The van der Waals surface area contributed by atoms with Crippen molar-refractivity contribution in [1.82, 2.24) is 0 Å². The topological polar surface area (TPSA) is 40.5 Å². The van der Waals surface area contributed by atoms with Crippen LogP contribution in [0.15, 0.2) is 12.7 Å². The number of hydrogen-bond acceptors (Lipinski definition) is 2. The van der Waals surface area contributed by atoms with Gasteiger partial charge in [-0.1, -0.05) is 6.08 Å². The maximum Gasteiger partial charge on any atom is 0.0718 e. The Morgan fingerprint density at radius 3 is 2.45 bits per heavy atom. The number of aliphatic hydroxyl groups is 2. The Balaban J connectivity index is 3.35. The average molecular weight is 158 g/mol. The third kappa shape index (κ3) is 7.56. The van der Waals surface area contributed by atoms with Crippen molar-refractivity contribution < 1.29 is 10.2 Å². The lowest BCUT2D eigenvalue weighted by Gasteiger charge is -2.16. The molecule has 0 spiro atoms. The van der Waals surface area contributed by atoms with Crippen LogP contribution in [0.3, 0.4) is 0 Å². The Morgan fingerprint density at radius 1 is 1.55 bits per heavy atom. The fraction of sp³-hybridized carbons (Fsp3) is 0.778. The Kier molecular flexibility index (Phi) is 4.38. The second kappa shape index (κ2) is 4.52. The summed E-state index contributed by atoms with van der Waals surface area (Å²) >= 11 is 0. The molecule has 0 rings (SSSR count). The molecular weight excluding hydrogens is 140 g/mol. The van der Waals surface area contributed by atoms with Gasteiger partial charge in [-0.05, 0) is 33.1 Å². The Morgan fingerprint density at radius 2 is 2.09 bits per heavy atom. The van der Waals surface area contributed by atoms with E-state index in [4.69, 9.17) is 5.11 Å². The first-order chi connectivity index (χ1) is 4.95. The molecule has 0 aromatic heterocycles. The van der Waals surface area contributed by atoms with Crippen molar-refractivity contribution in [3.63, 3.8) is 0 Å². The molecule has 0 aromatic carbocycles. The highest BCUT2D eigenvalue weighted by molar-refractivity contribution is 4.78. The van der Waals surface area contributed by atoms with E-state index in [1.807, 2.05) is 0 Å². The molecule has 0 fully saturated rings. The van der Waals surface area contributed by atoms with Gasteiger partial charge in [0.05, 0.1) is 11.7 Å². The molecule has 0 amide bonds. The van der Waals surface area contributed by atoms with Gasteiger partial charge in [-0.15, -0.1) is 6.58 Å². The Labute approximate surface area is 68.6 Å². The van der Waals surface area contributed by atoms with E-state index in [-0.39, 0.29) is 0 Å². The molecule has 1 unspecified atom stereocenters. The van der Waals surface area contributed by atoms with Gasteiger partial charge >= 0.3 is 0 Å². The largest absolute Gasteiger partial charge is 0.390 e. The van der Waals surface area contributed by atoms with E-state index in [0.29, 0.717) is 6.42 Å². The predicted octanol–water partition coefficient (Wildman–Crippen LogP) is 1.47. The fourth-order valence-electron chi connectivity index (χ4n) is 0.862. The molecule has 1 atom stereocenters. The maximum absolute atomic E-state index is 9.30. The van der Waals surface area contributed by atoms with Crippen LogP contribution in [0.2, 0.25) is 0 Å². The molecule has 0 aliphatic carbocycles. The molecule has 66 valence electrons. The lowest BCUT2D eigenvalue weighted by molar-refractivity contribution is 0.0646. The molecule has 0 radical (unpaired) electrons. The highest BCUT2D eigenvalue weighted by atomic mass is 16.3. The van der Waals surface area contributed by atoms with Crippen LogP contribution in [0.25, 0.3) is 0 Å². The second-order valence-corrected chi connectivity index (χ2v) is 3.51. The molecule has 2 heteroatoms. The SMILES string of the molecule is C=CC(O)CCCC(C)(C)O. The minimum Gasteiger partial charge on any atom is -0.390 e. The van der Waals surface area contributed by atoms with Crippen molar-refractivity contribution in [2.24, 2.45) is 0 Å². The maximum atomic E-state index is 9.30. The third-order valence-electron chi connectivity index (χ3n) is 1.56. The third-order valence-corrected chi connectivity index (χ3v) is 1.56. The first-order valence-electron chi connectivity index (χ1n) is 3.99. The fourth-order valence-corrected chi connectivity index (χ4v) is 0.862. The summed E-state index contributed by atoms with van der Waals surface area (Å²) in [6.07, 6.45) is 3.34. The average Bonchev–Trinajstić information content (AvgIpc) is 1.85. The number of rotatable bonds is 5. The van der Waals surface area contributed by atoms with Crippen LogP contribution in [0.4, 0.5) is 0 Å². The van der Waals surface area contributed by atoms with Crippen molar-refractivity contribution >= 4 is 0 Å². The Hall–Kier alpha value is -0.340. The first kappa shape index (κ1) is 10.7. The Bertz CT molecular complexity index is 113. The summed E-state index contributed by atoms with van der Waals surface area (Å²) in [7, 11) is 0. The van der Waals surface area contributed by atoms with Crippen molar-refractivity contribution in [3.8, 4) is 0 Å². The lowest BCUT2D eigenvalue weighted by Crippen LogP contribution is -2.18. The highest BCUT2D eigenvalue weighted by Crippen LogP contribution is 2.13. The standard InChI is InChI=1S/C9H18O2/c1-4-8(10)6-5-7-9(2,3)11/h4,8,10-11H,1,5-7H2,2-3H3. The predicted molar refractivity (Wildman–Crippen MR) is 46.4 cm³/mol. The molecule has 0 bridgehead atoms. The van der Waals surface area contributed by atoms with E-state index in [1.54, 1.807) is 13.8 Å². The van der Waals surface area contributed by atoms with Gasteiger partial charge in [-0.25, -0.2) is 0 Å². The quantitative estimate of drug-likeness (QED) is 0.595. The molecular formula is C9H18O2. The van der Waals surface area contributed by atoms with Gasteiger partial charge < -0.3 is 10.2 Å². The van der Waals surface area contributed by atoms with Crippen molar-refractivity contribution in [3.05, 3.63) is 12.7 Å². The second-order valence-electron chi connectivity index (χ2n) is 3.51. The summed E-state index contributed by atoms with van der Waals surface area (Å²) in [5.74, 6) is 0. The monoisotopic (exact) mass is 158 g/mol. The van der Waals surface area contributed by atoms with E-state index in [1.165, 1.54) is 6.08 Å². The summed E-state index contributed by atoms with van der Waals surface area (Å²) < 4.78 is 0. The first-order valence-corrected chi connectivity index (χ1v) is 3.99. The lowest BCUT2D eigenvalue weighted by atomic mass is 10.0.